The van der Waals surface area contributed by atoms with Crippen LogP contribution < -0.4 is 0 Å². The predicted molar refractivity (Wildman–Crippen MR) is 66.9 cm³/mol. The highest BCUT2D eigenvalue weighted by Gasteiger charge is 2.20. The lowest BCUT2D eigenvalue weighted by Crippen LogP contribution is -2.08. The lowest BCUT2D eigenvalue weighted by Gasteiger charge is -2.13. The van der Waals surface area contributed by atoms with Gasteiger partial charge in [-0.3, -0.25) is 4.98 Å². The fourth-order valence-electron chi connectivity index (χ4n) is 1.76. The van der Waals surface area contributed by atoms with E-state index in [1.807, 2.05) is 0 Å². The van der Waals surface area contributed by atoms with E-state index < -0.39 is 29.1 Å². The lowest BCUT2D eigenvalue weighted by molar-refractivity contribution is 0.168. The van der Waals surface area contributed by atoms with E-state index in [1.165, 1.54) is 6.20 Å². The molecule has 19 heavy (non-hydrogen) atoms. The Balaban J connectivity index is 2.28. The highest BCUT2D eigenvalue weighted by molar-refractivity contribution is 9.10. The summed E-state index contributed by atoms with van der Waals surface area (Å²) < 4.78 is 40.4. The van der Waals surface area contributed by atoms with Crippen LogP contribution in [0.15, 0.2) is 35.1 Å². The molecule has 100 valence electrons. The van der Waals surface area contributed by atoms with Crippen LogP contribution in [0.2, 0.25) is 0 Å². The fourth-order valence-corrected chi connectivity index (χ4v) is 2.18. The summed E-state index contributed by atoms with van der Waals surface area (Å²) in [5, 5.41) is 9.87. The van der Waals surface area contributed by atoms with Gasteiger partial charge in [0.25, 0.3) is 0 Å². The predicted octanol–water partition coefficient (Wildman–Crippen LogP) is 3.54. The number of rotatable bonds is 3. The molecular formula is C13H9BrF3NO. The number of aromatic nitrogens is 1. The third kappa shape index (κ3) is 3.33. The number of halogens is 4. The third-order valence-corrected chi connectivity index (χ3v) is 3.00. The first-order valence-corrected chi connectivity index (χ1v) is 6.18. The van der Waals surface area contributed by atoms with Crippen LogP contribution >= 0.6 is 15.9 Å². The molecule has 0 saturated carbocycles. The van der Waals surface area contributed by atoms with Crippen molar-refractivity contribution in [1.29, 1.82) is 0 Å². The van der Waals surface area contributed by atoms with Crippen molar-refractivity contribution < 1.29 is 18.3 Å². The van der Waals surface area contributed by atoms with E-state index in [2.05, 4.69) is 20.9 Å². The molecule has 0 aliphatic rings. The van der Waals surface area contributed by atoms with Crippen molar-refractivity contribution in [1.82, 2.24) is 4.98 Å². The molecule has 2 rings (SSSR count). The van der Waals surface area contributed by atoms with Crippen LogP contribution in [0.25, 0.3) is 0 Å². The normalized spacial score (nSPS) is 12.5. The van der Waals surface area contributed by atoms with Crippen LogP contribution in [0.1, 0.15) is 17.2 Å². The van der Waals surface area contributed by atoms with E-state index in [9.17, 15) is 18.3 Å². The minimum Gasteiger partial charge on any atom is -0.388 e. The van der Waals surface area contributed by atoms with Crippen molar-refractivity contribution in [2.75, 3.05) is 0 Å². The van der Waals surface area contributed by atoms with Gasteiger partial charge in [0.1, 0.15) is 17.5 Å². The van der Waals surface area contributed by atoms with Crippen molar-refractivity contribution in [3.05, 3.63) is 63.6 Å². The fraction of sp³-hybridized carbons (Fsp3) is 0.154. The Kier molecular flexibility index (Phi) is 4.21. The molecule has 1 atom stereocenters. The molecule has 0 bridgehead atoms. The molecule has 0 spiro atoms. The van der Waals surface area contributed by atoms with Crippen molar-refractivity contribution in [2.24, 2.45) is 0 Å². The van der Waals surface area contributed by atoms with Gasteiger partial charge in [-0.25, -0.2) is 13.2 Å². The number of nitrogens with zero attached hydrogens (tertiary/aromatic N) is 1. The molecule has 0 saturated heterocycles. The zero-order valence-corrected chi connectivity index (χ0v) is 11.2. The maximum Gasteiger partial charge on any atom is 0.134 e. The summed E-state index contributed by atoms with van der Waals surface area (Å²) in [5.74, 6) is -3.23. The van der Waals surface area contributed by atoms with Crippen molar-refractivity contribution in [3.8, 4) is 0 Å². The lowest BCUT2D eigenvalue weighted by atomic mass is 10.0. The molecule has 2 aromatic rings. The maximum absolute atomic E-state index is 13.5. The number of pyridine rings is 1. The number of hydrogen-bond acceptors (Lipinski definition) is 2. The summed E-state index contributed by atoms with van der Waals surface area (Å²) in [6.07, 6.45) is 1.60. The Bertz CT molecular complexity index is 583. The number of aliphatic hydroxyl groups is 1. The first kappa shape index (κ1) is 14.0. The highest BCUT2D eigenvalue weighted by Crippen LogP contribution is 2.25. The van der Waals surface area contributed by atoms with Crippen molar-refractivity contribution in [2.45, 2.75) is 12.5 Å². The molecule has 0 amide bonds. The molecule has 0 aliphatic carbocycles. The second-order valence-electron chi connectivity index (χ2n) is 4.01. The molecular weight excluding hydrogens is 323 g/mol. The first-order valence-electron chi connectivity index (χ1n) is 5.39. The molecule has 6 heteroatoms. The SMILES string of the molecule is OC(Cc1cncc(Br)c1)c1c(F)cc(F)cc1F. The van der Waals surface area contributed by atoms with E-state index in [0.717, 1.165) is 0 Å². The second kappa shape index (κ2) is 5.71. The molecule has 1 aromatic carbocycles. The van der Waals surface area contributed by atoms with Gasteiger partial charge in [0.05, 0.1) is 11.7 Å². The van der Waals surface area contributed by atoms with Gasteiger partial charge in [-0.1, -0.05) is 0 Å². The van der Waals surface area contributed by atoms with Gasteiger partial charge >= 0.3 is 0 Å². The number of hydrogen-bond donors (Lipinski definition) is 1. The van der Waals surface area contributed by atoms with Crippen LogP contribution in [-0.4, -0.2) is 10.1 Å². The van der Waals surface area contributed by atoms with Gasteiger partial charge in [0, 0.05) is 35.4 Å². The van der Waals surface area contributed by atoms with E-state index in [0.29, 0.717) is 22.2 Å². The number of benzene rings is 1. The van der Waals surface area contributed by atoms with Crippen LogP contribution in [0, 0.1) is 17.5 Å². The average molecular weight is 332 g/mol. The Morgan fingerprint density at radius 2 is 1.74 bits per heavy atom. The molecule has 1 aromatic heterocycles. The van der Waals surface area contributed by atoms with Gasteiger partial charge in [-0.05, 0) is 27.6 Å². The van der Waals surface area contributed by atoms with Crippen LogP contribution in [-0.2, 0) is 6.42 Å². The minimum atomic E-state index is -1.41. The molecule has 0 fully saturated rings. The van der Waals surface area contributed by atoms with Crippen LogP contribution in [0.4, 0.5) is 13.2 Å². The zero-order valence-electron chi connectivity index (χ0n) is 9.58. The first-order chi connectivity index (χ1) is 8.97. The van der Waals surface area contributed by atoms with E-state index >= 15 is 0 Å². The monoisotopic (exact) mass is 331 g/mol. The molecule has 2 nitrogen and oxygen atoms in total. The minimum absolute atomic E-state index is 0.0219. The summed E-state index contributed by atoms with van der Waals surface area (Å²) in [6.45, 7) is 0. The van der Waals surface area contributed by atoms with Crippen molar-refractivity contribution >= 4 is 15.9 Å². The highest BCUT2D eigenvalue weighted by atomic mass is 79.9. The van der Waals surface area contributed by atoms with Gasteiger partial charge in [0.2, 0.25) is 0 Å². The zero-order chi connectivity index (χ0) is 14.0. The van der Waals surface area contributed by atoms with E-state index in [-0.39, 0.29) is 6.42 Å². The van der Waals surface area contributed by atoms with Gasteiger partial charge in [0.15, 0.2) is 0 Å². The molecule has 0 radical (unpaired) electrons. The summed E-state index contributed by atoms with van der Waals surface area (Å²) in [4.78, 5) is 3.88. The second-order valence-corrected chi connectivity index (χ2v) is 4.93. The summed E-state index contributed by atoms with van der Waals surface area (Å²) in [6, 6.07) is 2.76. The Morgan fingerprint density at radius 3 is 2.32 bits per heavy atom. The average Bonchev–Trinajstić information content (AvgIpc) is 2.27. The molecule has 0 aliphatic heterocycles. The van der Waals surface area contributed by atoms with Crippen LogP contribution in [0.3, 0.4) is 0 Å². The maximum atomic E-state index is 13.5. The Hall–Kier alpha value is -1.40. The van der Waals surface area contributed by atoms with Gasteiger partial charge in [-0.15, -0.1) is 0 Å². The standard InChI is InChI=1S/C13H9BrF3NO/c14-8-1-7(5-18-6-8)2-12(19)13-10(16)3-9(15)4-11(13)17/h1,3-6,12,19H,2H2. The quantitative estimate of drug-likeness (QED) is 0.933. The smallest absolute Gasteiger partial charge is 0.134 e. The van der Waals surface area contributed by atoms with Crippen molar-refractivity contribution in [3.63, 3.8) is 0 Å². The van der Waals surface area contributed by atoms with E-state index in [4.69, 9.17) is 0 Å². The third-order valence-electron chi connectivity index (χ3n) is 2.57. The summed E-state index contributed by atoms with van der Waals surface area (Å²) in [5.41, 5.74) is 0.0615. The van der Waals surface area contributed by atoms with E-state index in [1.54, 1.807) is 12.3 Å². The molecule has 1 heterocycles. The summed E-state index contributed by atoms with van der Waals surface area (Å²) >= 11 is 3.20. The molecule has 1 N–H and O–H groups in total. The Labute approximate surface area is 116 Å². The van der Waals surface area contributed by atoms with Gasteiger partial charge in [-0.2, -0.15) is 0 Å². The van der Waals surface area contributed by atoms with Crippen LogP contribution in [0.5, 0.6) is 0 Å². The summed E-state index contributed by atoms with van der Waals surface area (Å²) in [7, 11) is 0. The largest absolute Gasteiger partial charge is 0.388 e. The topological polar surface area (TPSA) is 33.1 Å². The number of aliphatic hydroxyl groups excluding tert-OH is 1. The molecule has 1 unspecified atom stereocenters. The van der Waals surface area contributed by atoms with Gasteiger partial charge < -0.3 is 5.11 Å². The Morgan fingerprint density at radius 1 is 1.11 bits per heavy atom.